The number of quaternary nitrogens is 1. The van der Waals surface area contributed by atoms with E-state index in [1.165, 1.54) is 6.07 Å². The maximum absolute atomic E-state index is 14.0. The molecule has 0 radical (unpaired) electrons. The summed E-state index contributed by atoms with van der Waals surface area (Å²) in [5, 5.41) is 0. The molecule has 1 unspecified atom stereocenters. The van der Waals surface area contributed by atoms with Crippen LogP contribution in [0.5, 0.6) is 11.5 Å². The van der Waals surface area contributed by atoms with Crippen LogP contribution in [0.2, 0.25) is 0 Å². The Labute approximate surface area is 171 Å². The Bertz CT molecular complexity index is 838. The van der Waals surface area contributed by atoms with Crippen LogP contribution in [0.15, 0.2) is 42.5 Å². The number of carbonyl (C=O) groups is 1. The zero-order chi connectivity index (χ0) is 20.8. The Morgan fingerprint density at radius 3 is 2.38 bits per heavy atom. The Kier molecular flexibility index (Phi) is 6.93. The van der Waals surface area contributed by atoms with E-state index in [2.05, 4.69) is 0 Å². The Hall–Kier alpha value is -2.80. The van der Waals surface area contributed by atoms with Crippen LogP contribution in [0.3, 0.4) is 0 Å². The van der Waals surface area contributed by atoms with Gasteiger partial charge in [0.2, 0.25) is 0 Å². The van der Waals surface area contributed by atoms with Crippen LogP contribution >= 0.6 is 0 Å². The largest absolute Gasteiger partial charge is 0.493 e. The lowest BCUT2D eigenvalue weighted by Crippen LogP contribution is -3.09. The van der Waals surface area contributed by atoms with Gasteiger partial charge in [-0.1, -0.05) is 12.1 Å². The number of piperazine rings is 1. The van der Waals surface area contributed by atoms with Crippen molar-refractivity contribution in [2.45, 2.75) is 6.54 Å². The fourth-order valence-corrected chi connectivity index (χ4v) is 3.68. The molecule has 6 nitrogen and oxygen atoms in total. The Morgan fingerprint density at radius 1 is 1.03 bits per heavy atom. The number of amides is 1. The third-order valence-electron chi connectivity index (χ3n) is 5.23. The topological polar surface area (TPSA) is 46.5 Å². The van der Waals surface area contributed by atoms with Crippen LogP contribution in [-0.4, -0.2) is 64.8 Å². The standard InChI is InChI=1S/C22H28FN3O3/c1-24(15-17-8-9-20(28-2)21(14-17)29-3)16-22(27)26-12-10-25(11-13-26)19-7-5-4-6-18(19)23/h4-9,14H,10-13,15-16H2,1-3H3/p+1. The average molecular weight is 402 g/mol. The van der Waals surface area contributed by atoms with Crippen LogP contribution in [0.25, 0.3) is 0 Å². The van der Waals surface area contributed by atoms with E-state index < -0.39 is 0 Å². The number of hydrogen-bond acceptors (Lipinski definition) is 4. The Morgan fingerprint density at radius 2 is 1.72 bits per heavy atom. The summed E-state index contributed by atoms with van der Waals surface area (Å²) in [6, 6.07) is 12.6. The minimum Gasteiger partial charge on any atom is -0.493 e. The minimum atomic E-state index is -0.216. The third kappa shape index (κ3) is 5.17. The molecule has 3 rings (SSSR count). The summed E-state index contributed by atoms with van der Waals surface area (Å²) < 4.78 is 24.6. The SMILES string of the molecule is COc1ccc(C[NH+](C)CC(=O)N2CCN(c3ccccc3F)CC2)cc1OC. The second-order valence-electron chi connectivity index (χ2n) is 7.32. The first-order valence-corrected chi connectivity index (χ1v) is 9.81. The number of para-hydroxylation sites is 1. The van der Waals surface area contributed by atoms with E-state index in [1.54, 1.807) is 26.4 Å². The summed E-state index contributed by atoms with van der Waals surface area (Å²) in [5.74, 6) is 1.29. The number of likely N-dealkylation sites (N-methyl/N-ethyl adjacent to an activating group) is 1. The quantitative estimate of drug-likeness (QED) is 0.756. The number of nitrogens with one attached hydrogen (secondary N) is 1. The molecular weight excluding hydrogens is 373 g/mol. The molecule has 0 aromatic heterocycles. The normalized spacial score (nSPS) is 15.2. The van der Waals surface area contributed by atoms with Crippen LogP contribution in [0, 0.1) is 5.82 Å². The van der Waals surface area contributed by atoms with Crippen molar-refractivity contribution in [3.8, 4) is 11.5 Å². The van der Waals surface area contributed by atoms with E-state index in [0.29, 0.717) is 56.5 Å². The van der Waals surface area contributed by atoms with E-state index in [1.807, 2.05) is 41.1 Å². The number of rotatable bonds is 7. The number of carbonyl (C=O) groups excluding carboxylic acids is 1. The predicted octanol–water partition coefficient (Wildman–Crippen LogP) is 1.21. The lowest BCUT2D eigenvalue weighted by atomic mass is 10.2. The number of halogens is 1. The molecule has 1 N–H and O–H groups in total. The first-order chi connectivity index (χ1) is 14.0. The molecule has 1 saturated heterocycles. The molecule has 29 heavy (non-hydrogen) atoms. The van der Waals surface area contributed by atoms with Crippen LogP contribution in [0.1, 0.15) is 5.56 Å². The smallest absolute Gasteiger partial charge is 0.277 e. The molecule has 156 valence electrons. The minimum absolute atomic E-state index is 0.121. The van der Waals surface area contributed by atoms with Crippen molar-refractivity contribution in [1.82, 2.24) is 4.90 Å². The van der Waals surface area contributed by atoms with Crippen molar-refractivity contribution < 1.29 is 23.6 Å². The molecule has 1 fully saturated rings. The van der Waals surface area contributed by atoms with Gasteiger partial charge in [0.05, 0.1) is 27.0 Å². The summed E-state index contributed by atoms with van der Waals surface area (Å²) >= 11 is 0. The molecule has 1 aliphatic rings. The summed E-state index contributed by atoms with van der Waals surface area (Å²) in [7, 11) is 5.23. The van der Waals surface area contributed by atoms with Crippen molar-refractivity contribution in [3.63, 3.8) is 0 Å². The van der Waals surface area contributed by atoms with E-state index in [4.69, 9.17) is 9.47 Å². The molecule has 0 saturated carbocycles. The van der Waals surface area contributed by atoms with Gasteiger partial charge in [0.25, 0.3) is 5.91 Å². The van der Waals surface area contributed by atoms with Gasteiger partial charge < -0.3 is 24.2 Å². The molecule has 2 aromatic rings. The van der Waals surface area contributed by atoms with Crippen molar-refractivity contribution in [1.29, 1.82) is 0 Å². The van der Waals surface area contributed by atoms with Crippen molar-refractivity contribution in [2.75, 3.05) is 58.9 Å². The highest BCUT2D eigenvalue weighted by molar-refractivity contribution is 5.77. The van der Waals surface area contributed by atoms with Gasteiger partial charge in [0.1, 0.15) is 12.4 Å². The molecule has 7 heteroatoms. The first-order valence-electron chi connectivity index (χ1n) is 9.81. The highest BCUT2D eigenvalue weighted by Gasteiger charge is 2.24. The summed E-state index contributed by atoms with van der Waals surface area (Å²) in [4.78, 5) is 17.7. The Balaban J connectivity index is 1.51. The van der Waals surface area contributed by atoms with E-state index in [0.717, 1.165) is 10.5 Å². The highest BCUT2D eigenvalue weighted by atomic mass is 19.1. The number of hydrogen-bond donors (Lipinski definition) is 1. The monoisotopic (exact) mass is 402 g/mol. The fourth-order valence-electron chi connectivity index (χ4n) is 3.68. The van der Waals surface area contributed by atoms with Crippen molar-refractivity contribution >= 4 is 11.6 Å². The molecule has 1 atom stereocenters. The molecule has 2 aromatic carbocycles. The maximum atomic E-state index is 14.0. The van der Waals surface area contributed by atoms with Gasteiger partial charge >= 0.3 is 0 Å². The molecule has 0 bridgehead atoms. The fraction of sp³-hybridized carbons (Fsp3) is 0.409. The molecule has 0 spiro atoms. The lowest BCUT2D eigenvalue weighted by Gasteiger charge is -2.36. The summed E-state index contributed by atoms with van der Waals surface area (Å²) in [6.07, 6.45) is 0. The van der Waals surface area contributed by atoms with E-state index in [-0.39, 0.29) is 11.7 Å². The third-order valence-corrected chi connectivity index (χ3v) is 5.23. The number of benzene rings is 2. The zero-order valence-corrected chi connectivity index (χ0v) is 17.3. The van der Waals surface area contributed by atoms with E-state index >= 15 is 0 Å². The molecule has 1 heterocycles. The highest BCUT2D eigenvalue weighted by Crippen LogP contribution is 2.27. The molecule has 1 amide bonds. The summed E-state index contributed by atoms with van der Waals surface area (Å²) in [5.41, 5.74) is 1.69. The number of anilines is 1. The van der Waals surface area contributed by atoms with Gasteiger partial charge in [-0.2, -0.15) is 0 Å². The van der Waals surface area contributed by atoms with Crippen molar-refractivity contribution in [3.05, 3.63) is 53.8 Å². The van der Waals surface area contributed by atoms with Gasteiger partial charge in [-0.3, -0.25) is 4.79 Å². The van der Waals surface area contributed by atoms with Crippen LogP contribution in [-0.2, 0) is 11.3 Å². The zero-order valence-electron chi connectivity index (χ0n) is 17.3. The number of ether oxygens (including phenoxy) is 2. The molecule has 0 aliphatic carbocycles. The lowest BCUT2D eigenvalue weighted by molar-refractivity contribution is -0.885. The molecule has 1 aliphatic heterocycles. The first kappa shape index (κ1) is 20.9. The number of methoxy groups -OCH3 is 2. The number of nitrogens with zero attached hydrogens (tertiary/aromatic N) is 2. The van der Waals surface area contributed by atoms with Gasteiger partial charge in [-0.05, 0) is 30.3 Å². The van der Waals surface area contributed by atoms with E-state index in [9.17, 15) is 9.18 Å². The van der Waals surface area contributed by atoms with Gasteiger partial charge in [0.15, 0.2) is 18.0 Å². The van der Waals surface area contributed by atoms with Crippen molar-refractivity contribution in [2.24, 2.45) is 0 Å². The second-order valence-corrected chi connectivity index (χ2v) is 7.32. The van der Waals surface area contributed by atoms with Crippen LogP contribution in [0.4, 0.5) is 10.1 Å². The van der Waals surface area contributed by atoms with Crippen LogP contribution < -0.4 is 19.3 Å². The summed E-state index contributed by atoms with van der Waals surface area (Å²) in [6.45, 7) is 3.62. The predicted molar refractivity (Wildman–Crippen MR) is 110 cm³/mol. The second kappa shape index (κ2) is 9.60. The maximum Gasteiger partial charge on any atom is 0.277 e. The van der Waals surface area contributed by atoms with Gasteiger partial charge in [-0.25, -0.2) is 4.39 Å². The molecular formula is C22H29FN3O3+. The average Bonchev–Trinajstić information content (AvgIpc) is 2.74. The van der Waals surface area contributed by atoms with Gasteiger partial charge in [-0.15, -0.1) is 0 Å². The van der Waals surface area contributed by atoms with Gasteiger partial charge in [0, 0.05) is 31.7 Å².